The Labute approximate surface area is 226 Å². The van der Waals surface area contributed by atoms with Gasteiger partial charge in [-0.15, -0.1) is 0 Å². The molecule has 1 aliphatic rings. The SMILES string of the molecule is Cc1cc(-c2nn(-c3ccccc3)cc2C=C2SC(=S)N(Cc3ccccc3)C2=O)ccc1OC(C)C. The van der Waals surface area contributed by atoms with E-state index in [0.717, 1.165) is 39.4 Å². The quantitative estimate of drug-likeness (QED) is 0.191. The molecule has 1 fully saturated rings. The number of hydrogen-bond acceptors (Lipinski definition) is 5. The maximum atomic E-state index is 13.4. The fourth-order valence-corrected chi connectivity index (χ4v) is 5.40. The third-order valence-corrected chi connectivity index (χ3v) is 7.30. The van der Waals surface area contributed by atoms with E-state index in [4.69, 9.17) is 22.1 Å². The summed E-state index contributed by atoms with van der Waals surface area (Å²) >= 11 is 6.91. The lowest BCUT2D eigenvalue weighted by atomic mass is 10.0. The van der Waals surface area contributed by atoms with Crippen LogP contribution in [0.4, 0.5) is 0 Å². The zero-order valence-corrected chi connectivity index (χ0v) is 22.6. The summed E-state index contributed by atoms with van der Waals surface area (Å²) in [6.07, 6.45) is 3.96. The molecule has 186 valence electrons. The highest BCUT2D eigenvalue weighted by Gasteiger charge is 2.32. The number of hydrogen-bond donors (Lipinski definition) is 0. The van der Waals surface area contributed by atoms with E-state index in [1.807, 2.05) is 111 Å². The van der Waals surface area contributed by atoms with Crippen molar-refractivity contribution in [1.82, 2.24) is 14.7 Å². The lowest BCUT2D eigenvalue weighted by Gasteiger charge is -2.14. The molecular weight excluding hydrogens is 498 g/mol. The first-order valence-corrected chi connectivity index (χ1v) is 13.3. The van der Waals surface area contributed by atoms with Crippen molar-refractivity contribution in [3.8, 4) is 22.7 Å². The van der Waals surface area contributed by atoms with Crippen LogP contribution in [0.1, 0.15) is 30.5 Å². The predicted octanol–water partition coefficient (Wildman–Crippen LogP) is 7.04. The lowest BCUT2D eigenvalue weighted by Crippen LogP contribution is -2.27. The number of thiocarbonyl (C=S) groups is 1. The standard InChI is InChI=1S/C30H27N3O2S2/c1-20(2)35-26-15-14-23(16-21(26)3)28-24(19-33(31-28)25-12-8-5-9-13-25)17-27-29(34)32(30(36)37-27)18-22-10-6-4-7-11-22/h4-17,19-20H,18H2,1-3H3. The second-order valence-electron chi connectivity index (χ2n) is 9.11. The molecule has 0 radical (unpaired) electrons. The van der Waals surface area contributed by atoms with E-state index in [-0.39, 0.29) is 12.0 Å². The summed E-state index contributed by atoms with van der Waals surface area (Å²) in [5, 5.41) is 4.92. The molecule has 0 N–H and O–H groups in total. The van der Waals surface area contributed by atoms with E-state index in [1.54, 1.807) is 4.90 Å². The Morgan fingerprint density at radius 1 is 1.03 bits per heavy atom. The molecule has 0 unspecified atom stereocenters. The molecule has 2 heterocycles. The smallest absolute Gasteiger partial charge is 0.266 e. The van der Waals surface area contributed by atoms with Crippen LogP contribution in [0.2, 0.25) is 0 Å². The number of rotatable bonds is 7. The summed E-state index contributed by atoms with van der Waals surface area (Å²) in [6, 6.07) is 25.9. The summed E-state index contributed by atoms with van der Waals surface area (Å²) in [7, 11) is 0. The molecule has 0 bridgehead atoms. The number of thioether (sulfide) groups is 1. The Morgan fingerprint density at radius 3 is 2.41 bits per heavy atom. The second kappa shape index (κ2) is 10.7. The van der Waals surface area contributed by atoms with Gasteiger partial charge in [-0.05, 0) is 68.3 Å². The van der Waals surface area contributed by atoms with Crippen LogP contribution in [-0.2, 0) is 11.3 Å². The van der Waals surface area contributed by atoms with Gasteiger partial charge >= 0.3 is 0 Å². The van der Waals surface area contributed by atoms with Gasteiger partial charge in [-0.25, -0.2) is 4.68 Å². The minimum Gasteiger partial charge on any atom is -0.491 e. The molecule has 5 nitrogen and oxygen atoms in total. The van der Waals surface area contributed by atoms with Crippen LogP contribution in [0.25, 0.3) is 23.0 Å². The summed E-state index contributed by atoms with van der Waals surface area (Å²) in [5.74, 6) is 0.763. The third kappa shape index (κ3) is 5.53. The van der Waals surface area contributed by atoms with Crippen molar-refractivity contribution in [2.24, 2.45) is 0 Å². The van der Waals surface area contributed by atoms with Gasteiger partial charge in [0.05, 0.1) is 23.2 Å². The number of benzene rings is 3. The van der Waals surface area contributed by atoms with E-state index in [2.05, 4.69) is 6.07 Å². The van der Waals surface area contributed by atoms with E-state index < -0.39 is 0 Å². The number of carbonyl (C=O) groups is 1. The van der Waals surface area contributed by atoms with Gasteiger partial charge in [-0.3, -0.25) is 9.69 Å². The number of ether oxygens (including phenoxy) is 1. The first-order valence-electron chi connectivity index (χ1n) is 12.1. The van der Waals surface area contributed by atoms with Crippen LogP contribution in [0.5, 0.6) is 5.75 Å². The normalized spacial score (nSPS) is 14.7. The molecule has 0 saturated carbocycles. The highest BCUT2D eigenvalue weighted by Crippen LogP contribution is 2.36. The molecule has 5 rings (SSSR count). The number of nitrogens with zero attached hydrogens (tertiary/aromatic N) is 3. The predicted molar refractivity (Wildman–Crippen MR) is 155 cm³/mol. The maximum Gasteiger partial charge on any atom is 0.266 e. The van der Waals surface area contributed by atoms with Crippen molar-refractivity contribution in [3.63, 3.8) is 0 Å². The molecule has 1 aromatic heterocycles. The van der Waals surface area contributed by atoms with Gasteiger partial charge in [0.2, 0.25) is 0 Å². The molecule has 0 spiro atoms. The Morgan fingerprint density at radius 2 is 1.73 bits per heavy atom. The van der Waals surface area contributed by atoms with Crippen LogP contribution < -0.4 is 4.74 Å². The van der Waals surface area contributed by atoms with Gasteiger partial charge in [0, 0.05) is 17.3 Å². The molecule has 1 aliphatic heterocycles. The minimum absolute atomic E-state index is 0.0888. The molecular formula is C30H27N3O2S2. The number of aryl methyl sites for hydroxylation is 1. The van der Waals surface area contributed by atoms with E-state index in [0.29, 0.717) is 15.8 Å². The minimum atomic E-state index is -0.0888. The molecule has 7 heteroatoms. The summed E-state index contributed by atoms with van der Waals surface area (Å²) in [5.41, 5.74) is 5.60. The van der Waals surface area contributed by atoms with E-state index in [1.165, 1.54) is 11.8 Å². The van der Waals surface area contributed by atoms with Gasteiger partial charge < -0.3 is 4.74 Å². The van der Waals surface area contributed by atoms with Gasteiger partial charge in [0.1, 0.15) is 15.8 Å². The van der Waals surface area contributed by atoms with Crippen LogP contribution in [0.15, 0.2) is 90.0 Å². The molecule has 1 saturated heterocycles. The molecule has 37 heavy (non-hydrogen) atoms. The number of aromatic nitrogens is 2. The van der Waals surface area contributed by atoms with Crippen LogP contribution in [-0.4, -0.2) is 31.0 Å². The Kier molecular flexibility index (Phi) is 7.26. The first-order chi connectivity index (χ1) is 17.9. The largest absolute Gasteiger partial charge is 0.491 e. The molecule has 3 aromatic carbocycles. The van der Waals surface area contributed by atoms with Gasteiger partial charge in [0.15, 0.2) is 0 Å². The Bertz CT molecular complexity index is 1480. The van der Waals surface area contributed by atoms with Crippen molar-refractivity contribution in [1.29, 1.82) is 0 Å². The maximum absolute atomic E-state index is 13.4. The van der Waals surface area contributed by atoms with E-state index in [9.17, 15) is 4.79 Å². The van der Waals surface area contributed by atoms with E-state index >= 15 is 0 Å². The molecule has 0 aliphatic carbocycles. The fourth-order valence-electron chi connectivity index (χ4n) is 4.16. The van der Waals surface area contributed by atoms with Crippen molar-refractivity contribution in [2.45, 2.75) is 33.4 Å². The van der Waals surface area contributed by atoms with Gasteiger partial charge in [-0.1, -0.05) is 72.5 Å². The zero-order chi connectivity index (χ0) is 25.9. The van der Waals surface area contributed by atoms with Crippen molar-refractivity contribution in [3.05, 3.63) is 107 Å². The summed E-state index contributed by atoms with van der Waals surface area (Å²) < 4.78 is 8.33. The van der Waals surface area contributed by atoms with Gasteiger partial charge in [0.25, 0.3) is 5.91 Å². The highest BCUT2D eigenvalue weighted by atomic mass is 32.2. The lowest BCUT2D eigenvalue weighted by molar-refractivity contribution is -0.122. The van der Waals surface area contributed by atoms with Crippen molar-refractivity contribution in [2.75, 3.05) is 0 Å². The Balaban J connectivity index is 1.53. The number of para-hydroxylation sites is 1. The number of amides is 1. The highest BCUT2D eigenvalue weighted by molar-refractivity contribution is 8.26. The first kappa shape index (κ1) is 25.0. The Hall–Kier alpha value is -3.68. The third-order valence-electron chi connectivity index (χ3n) is 5.92. The van der Waals surface area contributed by atoms with Crippen LogP contribution in [0.3, 0.4) is 0 Å². The topological polar surface area (TPSA) is 47.4 Å². The average Bonchev–Trinajstić information content (AvgIpc) is 3.43. The molecule has 0 atom stereocenters. The van der Waals surface area contributed by atoms with Crippen molar-refractivity contribution >= 4 is 40.3 Å². The number of carbonyl (C=O) groups excluding carboxylic acids is 1. The molecule has 1 amide bonds. The summed E-state index contributed by atoms with van der Waals surface area (Å²) in [6.45, 7) is 6.52. The molecule has 4 aromatic rings. The van der Waals surface area contributed by atoms with Crippen molar-refractivity contribution < 1.29 is 9.53 Å². The van der Waals surface area contributed by atoms with Crippen LogP contribution >= 0.6 is 24.0 Å². The van der Waals surface area contributed by atoms with Crippen LogP contribution in [0, 0.1) is 6.92 Å². The summed E-state index contributed by atoms with van der Waals surface area (Å²) in [4.78, 5) is 15.6. The monoisotopic (exact) mass is 525 g/mol. The second-order valence-corrected chi connectivity index (χ2v) is 10.8. The fraction of sp³-hybridized carbons (Fsp3) is 0.167. The zero-order valence-electron chi connectivity index (χ0n) is 20.9. The average molecular weight is 526 g/mol. The van der Waals surface area contributed by atoms with Gasteiger partial charge in [-0.2, -0.15) is 5.10 Å².